The number of fused-ring (bicyclic) bond motifs is 2. The van der Waals surface area contributed by atoms with Crippen molar-refractivity contribution in [2.45, 2.75) is 49.9 Å². The molecule has 0 saturated carbocycles. The lowest BCUT2D eigenvalue weighted by Gasteiger charge is -2.46. The third kappa shape index (κ3) is 4.60. The first kappa shape index (κ1) is 19.9. The average Bonchev–Trinajstić information content (AvgIpc) is 2.99. The fourth-order valence-electron chi connectivity index (χ4n) is 4.78. The highest BCUT2D eigenvalue weighted by atomic mass is 16.6. The molecule has 2 aromatic carbocycles. The molecule has 176 valence electrons. The zero-order chi connectivity index (χ0) is 26.3. The molecule has 0 aromatic heterocycles. The summed E-state index contributed by atoms with van der Waals surface area (Å²) in [5.41, 5.74) is 5.52. The minimum Gasteiger partial charge on any atom is -0.479 e. The van der Waals surface area contributed by atoms with Crippen molar-refractivity contribution in [3.05, 3.63) is 76.9 Å². The number of aryl methyl sites for hydroxylation is 2. The highest BCUT2D eigenvalue weighted by molar-refractivity contribution is 5.83. The van der Waals surface area contributed by atoms with Crippen molar-refractivity contribution < 1.29 is 38.6 Å². The van der Waals surface area contributed by atoms with E-state index < -0.39 is 48.1 Å². The average molecular weight is 458 g/mol. The number of rotatable bonds is 5. The molecule has 2 unspecified atom stereocenters. The number of likely N-dealkylation sites (N-methyl/N-ethyl adjacent to an activating group) is 1. The molecular formula is C26H32NO6+. The summed E-state index contributed by atoms with van der Waals surface area (Å²) in [6.45, 7) is -2.75. The maximum atomic E-state index is 11.6. The maximum Gasteiger partial charge on any atom is 0.335 e. The Balaban J connectivity index is 1.69. The molecule has 2 aliphatic rings. The molecule has 2 aromatic rings. The molecule has 0 bridgehead atoms. The summed E-state index contributed by atoms with van der Waals surface area (Å²) in [6, 6.07) is 16.2. The van der Waals surface area contributed by atoms with Crippen molar-refractivity contribution in [2.24, 2.45) is 0 Å². The lowest BCUT2D eigenvalue weighted by atomic mass is 9.93. The van der Waals surface area contributed by atoms with Crippen molar-refractivity contribution >= 4 is 11.5 Å². The smallest absolute Gasteiger partial charge is 0.335 e. The van der Waals surface area contributed by atoms with E-state index in [9.17, 15) is 25.2 Å². The van der Waals surface area contributed by atoms with Gasteiger partial charge in [0.05, 0.1) is 24.7 Å². The van der Waals surface area contributed by atoms with E-state index in [1.807, 2.05) is 42.5 Å². The van der Waals surface area contributed by atoms with E-state index in [1.165, 1.54) is 18.2 Å². The Kier molecular flexibility index (Phi) is 5.64. The fraction of sp³-hybridized carbons (Fsp3) is 0.423. The van der Waals surface area contributed by atoms with Crippen molar-refractivity contribution in [3.8, 4) is 0 Å². The zero-order valence-corrected chi connectivity index (χ0v) is 18.5. The van der Waals surface area contributed by atoms with Crippen molar-refractivity contribution in [1.82, 2.24) is 0 Å². The molecule has 0 radical (unpaired) electrons. The summed E-state index contributed by atoms with van der Waals surface area (Å²) in [4.78, 5) is 11.6. The molecule has 7 nitrogen and oxygen atoms in total. The van der Waals surface area contributed by atoms with Crippen molar-refractivity contribution in [1.29, 1.82) is 0 Å². The Morgan fingerprint density at radius 2 is 1.61 bits per heavy atom. The number of ether oxygens (including phenoxy) is 1. The lowest BCUT2D eigenvalue weighted by Crippen LogP contribution is -2.68. The molecule has 1 heterocycles. The molecule has 1 aliphatic heterocycles. The number of quaternary nitrogens is 1. The predicted molar refractivity (Wildman–Crippen MR) is 123 cm³/mol. The zero-order valence-electron chi connectivity index (χ0n) is 21.5. The van der Waals surface area contributed by atoms with E-state index in [2.05, 4.69) is 12.1 Å². The van der Waals surface area contributed by atoms with Gasteiger partial charge in [0.15, 0.2) is 12.2 Å². The number of carboxylic acid groups (broad SMARTS) is 1. The van der Waals surface area contributed by atoms with Crippen LogP contribution in [0.15, 0.2) is 54.6 Å². The van der Waals surface area contributed by atoms with Crippen LogP contribution in [0.1, 0.15) is 32.8 Å². The summed E-state index contributed by atoms with van der Waals surface area (Å²) in [7, 11) is 1.34. The second kappa shape index (κ2) is 9.37. The number of nitrogens with zero attached hydrogens (tertiary/aromatic N) is 1. The van der Waals surface area contributed by atoms with Gasteiger partial charge in [-0.3, -0.25) is 0 Å². The SMILES string of the molecule is [2H]C([2H])([2H])[N+](C)(CCC=C1c2ccccc2CCc2ccccc21)C1O[C@H](C(=O)O)[C@@H](O)[C@H](O)[C@H]1O. The van der Waals surface area contributed by atoms with Crippen LogP contribution in [0.4, 0.5) is 0 Å². The monoisotopic (exact) mass is 457 g/mol. The standard InChI is InChI=1S/C26H31NO6/c1-27(2,25-23(30)21(28)22(29)24(33-25)26(31)32)15-7-12-20-18-10-5-3-8-16(18)13-14-17-9-4-6-11-19(17)20/h3-6,8-12,21-25,28-30H,7,13-15H2,1-2H3/p+1/t21-,22-,23+,24-,25?/m0/s1/i1D3/t21-,22-,23+,24-,25?,27?. The molecule has 1 saturated heterocycles. The Labute approximate surface area is 198 Å². The van der Waals surface area contributed by atoms with E-state index >= 15 is 0 Å². The van der Waals surface area contributed by atoms with Gasteiger partial charge in [0.2, 0.25) is 6.23 Å². The van der Waals surface area contributed by atoms with Crippen LogP contribution in [0.5, 0.6) is 0 Å². The van der Waals surface area contributed by atoms with E-state index in [0.717, 1.165) is 29.5 Å². The van der Waals surface area contributed by atoms with Gasteiger partial charge in [0.1, 0.15) is 12.2 Å². The second-order valence-corrected chi connectivity index (χ2v) is 8.97. The number of benzene rings is 2. The van der Waals surface area contributed by atoms with Gasteiger partial charge in [-0.2, -0.15) is 0 Å². The van der Waals surface area contributed by atoms with Crippen LogP contribution in [0.25, 0.3) is 5.57 Å². The third-order valence-corrected chi connectivity index (χ3v) is 6.61. The number of aliphatic hydroxyl groups is 3. The number of hydrogen-bond donors (Lipinski definition) is 4. The van der Waals surface area contributed by atoms with E-state index in [4.69, 9.17) is 8.85 Å². The van der Waals surface area contributed by atoms with Gasteiger partial charge in [-0.1, -0.05) is 54.6 Å². The molecule has 7 heteroatoms. The lowest BCUT2D eigenvalue weighted by molar-refractivity contribution is -0.944. The second-order valence-electron chi connectivity index (χ2n) is 8.97. The maximum absolute atomic E-state index is 11.6. The van der Waals surface area contributed by atoms with Crippen LogP contribution in [-0.4, -0.2) is 82.1 Å². The van der Waals surface area contributed by atoms with Crippen molar-refractivity contribution in [3.63, 3.8) is 0 Å². The normalized spacial score (nSPS) is 30.5. The molecule has 4 N–H and O–H groups in total. The molecule has 0 spiro atoms. The number of hydrogen-bond acceptors (Lipinski definition) is 5. The van der Waals surface area contributed by atoms with Gasteiger partial charge in [0, 0.05) is 6.42 Å². The number of aliphatic hydroxyl groups excluding tert-OH is 3. The molecular weight excluding hydrogens is 422 g/mol. The summed E-state index contributed by atoms with van der Waals surface area (Å²) >= 11 is 0. The summed E-state index contributed by atoms with van der Waals surface area (Å²) in [6.07, 6.45) is -5.01. The third-order valence-electron chi connectivity index (χ3n) is 6.61. The van der Waals surface area contributed by atoms with Gasteiger partial charge in [0.25, 0.3) is 0 Å². The largest absolute Gasteiger partial charge is 0.479 e. The van der Waals surface area contributed by atoms with Gasteiger partial charge in [-0.05, 0) is 40.7 Å². The fourth-order valence-corrected chi connectivity index (χ4v) is 4.78. The molecule has 1 aliphatic carbocycles. The first-order valence-corrected chi connectivity index (χ1v) is 11.1. The Morgan fingerprint density at radius 3 is 2.15 bits per heavy atom. The van der Waals surface area contributed by atoms with Crippen LogP contribution in [0, 0.1) is 0 Å². The molecule has 4 rings (SSSR count). The van der Waals surface area contributed by atoms with E-state index in [0.29, 0.717) is 0 Å². The van der Waals surface area contributed by atoms with Crippen LogP contribution in [0.2, 0.25) is 0 Å². The number of carboxylic acids is 1. The topological polar surface area (TPSA) is 107 Å². The molecule has 6 atom stereocenters. The summed E-state index contributed by atoms with van der Waals surface area (Å²) < 4.78 is 29.2. The molecule has 0 amide bonds. The summed E-state index contributed by atoms with van der Waals surface area (Å²) in [5, 5.41) is 40.4. The highest BCUT2D eigenvalue weighted by Crippen LogP contribution is 2.34. The predicted octanol–water partition coefficient (Wildman–Crippen LogP) is 1.58. The minimum atomic E-state index is -2.71. The van der Waals surface area contributed by atoms with Gasteiger partial charge >= 0.3 is 5.97 Å². The van der Waals surface area contributed by atoms with Crippen LogP contribution < -0.4 is 0 Å². The Hall–Kier alpha value is -2.55. The Bertz CT molecular complexity index is 1100. The first-order valence-electron chi connectivity index (χ1n) is 12.6. The van der Waals surface area contributed by atoms with Crippen LogP contribution in [-0.2, 0) is 22.4 Å². The quantitative estimate of drug-likeness (QED) is 0.508. The minimum absolute atomic E-state index is 0.0405. The number of carbonyl (C=O) groups is 1. The highest BCUT2D eigenvalue weighted by Gasteiger charge is 2.52. The van der Waals surface area contributed by atoms with Crippen LogP contribution >= 0.6 is 0 Å². The van der Waals surface area contributed by atoms with E-state index in [1.54, 1.807) is 0 Å². The van der Waals surface area contributed by atoms with Gasteiger partial charge in [-0.25, -0.2) is 4.79 Å². The molecule has 33 heavy (non-hydrogen) atoms. The first-order chi connectivity index (χ1) is 17.0. The van der Waals surface area contributed by atoms with Gasteiger partial charge < -0.3 is 29.6 Å². The van der Waals surface area contributed by atoms with Gasteiger partial charge in [-0.15, -0.1) is 0 Å². The Morgan fingerprint density at radius 1 is 1.03 bits per heavy atom. The summed E-state index contributed by atoms with van der Waals surface area (Å²) in [5.74, 6) is -1.55. The van der Waals surface area contributed by atoms with Crippen molar-refractivity contribution in [2.75, 3.05) is 20.6 Å². The number of aliphatic carboxylic acids is 1. The molecule has 1 fully saturated rings. The van der Waals surface area contributed by atoms with E-state index in [-0.39, 0.29) is 13.0 Å². The van der Waals surface area contributed by atoms with Crippen LogP contribution in [0.3, 0.4) is 0 Å².